The minimum atomic E-state index is -0.290. The molecule has 4 nitrogen and oxygen atoms in total. The highest BCUT2D eigenvalue weighted by atomic mass is 16.5. The second kappa shape index (κ2) is 5.29. The summed E-state index contributed by atoms with van der Waals surface area (Å²) >= 11 is 0. The number of fused-ring (bicyclic) bond motifs is 3. The summed E-state index contributed by atoms with van der Waals surface area (Å²) in [5.74, 6) is -0.290. The molecule has 2 aromatic rings. The number of aliphatic hydroxyl groups is 1. The first-order chi connectivity index (χ1) is 9.76. The number of aliphatic hydroxyl groups excluding tert-OH is 1. The number of hydrogen-bond donors (Lipinski definition) is 1. The molecule has 0 saturated carbocycles. The molecule has 0 spiro atoms. The van der Waals surface area contributed by atoms with Gasteiger partial charge in [-0.05, 0) is 49.4 Å². The Morgan fingerprint density at radius 3 is 3.00 bits per heavy atom. The first-order valence-corrected chi connectivity index (χ1v) is 7.09. The molecule has 0 saturated heterocycles. The van der Waals surface area contributed by atoms with Crippen LogP contribution in [0.3, 0.4) is 0 Å². The third-order valence-electron chi connectivity index (χ3n) is 4.09. The number of carbonyl (C=O) groups is 1. The summed E-state index contributed by atoms with van der Waals surface area (Å²) in [6, 6.07) is 5.76. The van der Waals surface area contributed by atoms with Crippen LogP contribution < -0.4 is 0 Å². The molecule has 1 aliphatic rings. The lowest BCUT2D eigenvalue weighted by molar-refractivity contribution is 0.0601. The first kappa shape index (κ1) is 13.2. The number of rotatable bonds is 4. The van der Waals surface area contributed by atoms with Crippen molar-refractivity contribution in [3.05, 3.63) is 35.0 Å². The molecule has 0 amide bonds. The molecule has 0 radical (unpaired) electrons. The van der Waals surface area contributed by atoms with Crippen LogP contribution in [0.4, 0.5) is 0 Å². The Labute approximate surface area is 118 Å². The van der Waals surface area contributed by atoms with E-state index in [0.29, 0.717) is 5.56 Å². The van der Waals surface area contributed by atoms with Gasteiger partial charge >= 0.3 is 5.97 Å². The predicted molar refractivity (Wildman–Crippen MR) is 77.0 cm³/mol. The Kier molecular flexibility index (Phi) is 3.49. The zero-order valence-electron chi connectivity index (χ0n) is 11.7. The van der Waals surface area contributed by atoms with Crippen LogP contribution in [0.1, 0.15) is 34.5 Å². The van der Waals surface area contributed by atoms with E-state index in [4.69, 9.17) is 9.84 Å². The van der Waals surface area contributed by atoms with Crippen molar-refractivity contribution < 1.29 is 14.6 Å². The van der Waals surface area contributed by atoms with Crippen LogP contribution in [0.25, 0.3) is 10.9 Å². The van der Waals surface area contributed by atoms with Crippen LogP contribution in [0, 0.1) is 0 Å². The molecule has 0 fully saturated rings. The van der Waals surface area contributed by atoms with Gasteiger partial charge < -0.3 is 14.4 Å². The standard InChI is InChI=1S/C16H19NO3/c1-20-16(19)11-6-7-15-13(10-11)12-4-2-5-14(12)17(15)8-3-9-18/h6-7,10,18H,2-5,8-9H2,1H3. The van der Waals surface area contributed by atoms with E-state index in [1.807, 2.05) is 18.2 Å². The third-order valence-corrected chi connectivity index (χ3v) is 4.09. The molecule has 1 aliphatic carbocycles. The number of methoxy groups -OCH3 is 1. The normalized spacial score (nSPS) is 13.7. The van der Waals surface area contributed by atoms with Crippen LogP contribution in [0.2, 0.25) is 0 Å². The number of benzene rings is 1. The molecule has 0 unspecified atom stereocenters. The van der Waals surface area contributed by atoms with Gasteiger partial charge in [0.15, 0.2) is 0 Å². The molecule has 1 heterocycles. The van der Waals surface area contributed by atoms with Crippen molar-refractivity contribution in [2.24, 2.45) is 0 Å². The van der Waals surface area contributed by atoms with Crippen molar-refractivity contribution in [3.63, 3.8) is 0 Å². The van der Waals surface area contributed by atoms with E-state index < -0.39 is 0 Å². The highest BCUT2D eigenvalue weighted by molar-refractivity contribution is 5.96. The Morgan fingerprint density at radius 2 is 2.25 bits per heavy atom. The summed E-state index contributed by atoms with van der Waals surface area (Å²) < 4.78 is 7.10. The molecule has 0 atom stereocenters. The maximum atomic E-state index is 11.7. The lowest BCUT2D eigenvalue weighted by Crippen LogP contribution is -2.04. The molecule has 1 aromatic carbocycles. The maximum Gasteiger partial charge on any atom is 0.337 e. The number of aromatic nitrogens is 1. The average molecular weight is 273 g/mol. The SMILES string of the molecule is COC(=O)c1ccc2c(c1)c1c(n2CCCO)CCC1. The van der Waals surface area contributed by atoms with Gasteiger partial charge in [-0.3, -0.25) is 0 Å². The van der Waals surface area contributed by atoms with Gasteiger partial charge in [-0.1, -0.05) is 0 Å². The fourth-order valence-electron chi connectivity index (χ4n) is 3.20. The second-order valence-corrected chi connectivity index (χ2v) is 5.23. The monoisotopic (exact) mass is 273 g/mol. The predicted octanol–water partition coefficient (Wildman–Crippen LogP) is 2.30. The van der Waals surface area contributed by atoms with Crippen molar-refractivity contribution in [2.75, 3.05) is 13.7 Å². The Hall–Kier alpha value is -1.81. The van der Waals surface area contributed by atoms with Crippen LogP contribution in [-0.2, 0) is 24.1 Å². The second-order valence-electron chi connectivity index (χ2n) is 5.23. The summed E-state index contributed by atoms with van der Waals surface area (Å²) in [5.41, 5.74) is 4.50. The van der Waals surface area contributed by atoms with E-state index in [1.165, 1.54) is 30.2 Å². The van der Waals surface area contributed by atoms with E-state index >= 15 is 0 Å². The smallest absolute Gasteiger partial charge is 0.337 e. The van der Waals surface area contributed by atoms with E-state index in [1.54, 1.807) is 0 Å². The van der Waals surface area contributed by atoms with Gasteiger partial charge in [0.05, 0.1) is 12.7 Å². The number of hydrogen-bond acceptors (Lipinski definition) is 3. The van der Waals surface area contributed by atoms with E-state index in [9.17, 15) is 4.79 Å². The van der Waals surface area contributed by atoms with Gasteiger partial charge in [0, 0.05) is 29.7 Å². The van der Waals surface area contributed by atoms with Gasteiger partial charge in [-0.2, -0.15) is 0 Å². The quantitative estimate of drug-likeness (QED) is 0.870. The van der Waals surface area contributed by atoms with Crippen molar-refractivity contribution in [3.8, 4) is 0 Å². The van der Waals surface area contributed by atoms with Crippen molar-refractivity contribution in [2.45, 2.75) is 32.2 Å². The molecular weight excluding hydrogens is 254 g/mol. The van der Waals surface area contributed by atoms with Gasteiger partial charge in [0.1, 0.15) is 0 Å². The van der Waals surface area contributed by atoms with E-state index in [2.05, 4.69) is 4.57 Å². The van der Waals surface area contributed by atoms with E-state index in [-0.39, 0.29) is 12.6 Å². The van der Waals surface area contributed by atoms with E-state index in [0.717, 1.165) is 31.3 Å². The van der Waals surface area contributed by atoms with Crippen molar-refractivity contribution in [1.29, 1.82) is 0 Å². The minimum absolute atomic E-state index is 0.203. The Balaban J connectivity index is 2.13. The van der Waals surface area contributed by atoms with Gasteiger partial charge in [0.25, 0.3) is 0 Å². The van der Waals surface area contributed by atoms with Gasteiger partial charge in [0.2, 0.25) is 0 Å². The molecule has 3 rings (SSSR count). The number of nitrogens with zero attached hydrogens (tertiary/aromatic N) is 1. The number of ether oxygens (including phenoxy) is 1. The molecule has 106 valence electrons. The fraction of sp³-hybridized carbons (Fsp3) is 0.438. The summed E-state index contributed by atoms with van der Waals surface area (Å²) in [4.78, 5) is 11.7. The lowest BCUT2D eigenvalue weighted by atomic mass is 10.1. The largest absolute Gasteiger partial charge is 0.465 e. The molecule has 1 N–H and O–H groups in total. The van der Waals surface area contributed by atoms with Crippen LogP contribution in [0.15, 0.2) is 18.2 Å². The number of aryl methyl sites for hydroxylation is 2. The first-order valence-electron chi connectivity index (χ1n) is 7.09. The zero-order chi connectivity index (χ0) is 14.1. The summed E-state index contributed by atoms with van der Waals surface area (Å²) in [7, 11) is 1.41. The molecule has 0 bridgehead atoms. The maximum absolute atomic E-state index is 11.7. The Morgan fingerprint density at radius 1 is 1.40 bits per heavy atom. The van der Waals surface area contributed by atoms with Crippen LogP contribution in [-0.4, -0.2) is 29.4 Å². The minimum Gasteiger partial charge on any atom is -0.465 e. The molecule has 4 heteroatoms. The van der Waals surface area contributed by atoms with Crippen molar-refractivity contribution in [1.82, 2.24) is 4.57 Å². The topological polar surface area (TPSA) is 51.5 Å². The average Bonchev–Trinajstić information content (AvgIpc) is 3.05. The number of esters is 1. The molecule has 20 heavy (non-hydrogen) atoms. The van der Waals surface area contributed by atoms with Gasteiger partial charge in [-0.25, -0.2) is 4.79 Å². The summed E-state index contributed by atoms with van der Waals surface area (Å²) in [5, 5.41) is 10.2. The molecule has 0 aliphatic heterocycles. The fourth-order valence-corrected chi connectivity index (χ4v) is 3.20. The lowest BCUT2D eigenvalue weighted by Gasteiger charge is -2.08. The highest BCUT2D eigenvalue weighted by Crippen LogP contribution is 2.34. The third kappa shape index (κ3) is 2.00. The summed E-state index contributed by atoms with van der Waals surface area (Å²) in [6.07, 6.45) is 4.09. The van der Waals surface area contributed by atoms with Gasteiger partial charge in [-0.15, -0.1) is 0 Å². The van der Waals surface area contributed by atoms with Crippen molar-refractivity contribution >= 4 is 16.9 Å². The number of carbonyl (C=O) groups excluding carboxylic acids is 1. The van der Waals surface area contributed by atoms with Crippen LogP contribution in [0.5, 0.6) is 0 Å². The highest BCUT2D eigenvalue weighted by Gasteiger charge is 2.22. The molecular formula is C16H19NO3. The Bertz CT molecular complexity index is 657. The molecule has 1 aromatic heterocycles. The summed E-state index contributed by atoms with van der Waals surface area (Å²) in [6.45, 7) is 1.04. The zero-order valence-corrected chi connectivity index (χ0v) is 11.7. The van der Waals surface area contributed by atoms with Crippen LogP contribution >= 0.6 is 0 Å².